The van der Waals surface area contributed by atoms with Crippen molar-refractivity contribution < 1.29 is 9.13 Å². The van der Waals surface area contributed by atoms with E-state index in [0.717, 1.165) is 54.7 Å². The molecule has 1 spiro atoms. The lowest BCUT2D eigenvalue weighted by Crippen LogP contribution is -2.54. The Labute approximate surface area is 157 Å². The van der Waals surface area contributed by atoms with Crippen molar-refractivity contribution in [3.05, 3.63) is 64.4 Å². The van der Waals surface area contributed by atoms with Gasteiger partial charge in [-0.2, -0.15) is 5.10 Å². The molecule has 3 aliphatic rings. The molecule has 5 rings (SSSR count). The quantitative estimate of drug-likeness (QED) is 0.644. The molecule has 0 radical (unpaired) electrons. The van der Waals surface area contributed by atoms with Gasteiger partial charge in [-0.05, 0) is 48.7 Å². The first-order chi connectivity index (χ1) is 12.6. The Morgan fingerprint density at radius 1 is 1.08 bits per heavy atom. The second-order valence-electron chi connectivity index (χ2n) is 7.41. The van der Waals surface area contributed by atoms with Gasteiger partial charge in [0.25, 0.3) is 0 Å². The minimum absolute atomic E-state index is 0.121. The number of hydrogen-bond donors (Lipinski definition) is 0. The summed E-state index contributed by atoms with van der Waals surface area (Å²) < 4.78 is 19.8. The number of hydrogen-bond acceptors (Lipinski definition) is 3. The average Bonchev–Trinajstić information content (AvgIpc) is 3.11. The summed E-state index contributed by atoms with van der Waals surface area (Å²) in [6.45, 7) is 0. The van der Waals surface area contributed by atoms with E-state index < -0.39 is 0 Å². The summed E-state index contributed by atoms with van der Waals surface area (Å²) in [5.74, 6) is 0.697. The van der Waals surface area contributed by atoms with Crippen molar-refractivity contribution in [1.29, 1.82) is 0 Å². The van der Waals surface area contributed by atoms with Gasteiger partial charge in [-0.15, -0.1) is 0 Å². The number of benzene rings is 2. The van der Waals surface area contributed by atoms with E-state index in [1.54, 1.807) is 12.1 Å². The van der Waals surface area contributed by atoms with Crippen molar-refractivity contribution in [1.82, 2.24) is 5.01 Å². The van der Waals surface area contributed by atoms with Crippen molar-refractivity contribution in [2.75, 3.05) is 0 Å². The second-order valence-corrected chi connectivity index (χ2v) is 7.85. The van der Waals surface area contributed by atoms with Gasteiger partial charge in [-0.25, -0.2) is 9.40 Å². The van der Waals surface area contributed by atoms with E-state index in [0.29, 0.717) is 5.02 Å². The smallest absolute Gasteiger partial charge is 0.198 e. The summed E-state index contributed by atoms with van der Waals surface area (Å²) in [5, 5.41) is 7.86. The van der Waals surface area contributed by atoms with E-state index in [1.807, 2.05) is 18.2 Å². The van der Waals surface area contributed by atoms with Crippen LogP contribution in [-0.2, 0) is 0 Å². The molecule has 1 fully saturated rings. The van der Waals surface area contributed by atoms with E-state index >= 15 is 0 Å². The number of hydrazone groups is 1. The maximum atomic E-state index is 13.3. The molecule has 0 N–H and O–H groups in total. The van der Waals surface area contributed by atoms with Crippen LogP contribution in [0, 0.1) is 5.82 Å². The third kappa shape index (κ3) is 2.50. The number of ether oxygens (including phenoxy) is 1. The summed E-state index contributed by atoms with van der Waals surface area (Å²) in [4.78, 5) is 0. The summed E-state index contributed by atoms with van der Waals surface area (Å²) in [7, 11) is 0. The van der Waals surface area contributed by atoms with Gasteiger partial charge in [0.15, 0.2) is 5.72 Å². The Balaban J connectivity index is 1.60. The minimum atomic E-state index is -0.370. The van der Waals surface area contributed by atoms with Crippen LogP contribution < -0.4 is 4.74 Å². The van der Waals surface area contributed by atoms with E-state index in [9.17, 15) is 4.39 Å². The highest BCUT2D eigenvalue weighted by Gasteiger charge is 2.50. The lowest BCUT2D eigenvalue weighted by atomic mass is 9.86. The molecule has 0 unspecified atom stereocenters. The van der Waals surface area contributed by atoms with Crippen LogP contribution in [-0.4, -0.2) is 16.4 Å². The molecule has 0 aromatic heterocycles. The number of halogens is 2. The zero-order valence-corrected chi connectivity index (χ0v) is 15.2. The van der Waals surface area contributed by atoms with Crippen LogP contribution in [0.1, 0.15) is 55.7 Å². The Hall–Kier alpha value is -2.07. The molecular weight excluding hydrogens is 351 g/mol. The summed E-state index contributed by atoms with van der Waals surface area (Å²) >= 11 is 6.26. The Morgan fingerprint density at radius 3 is 2.62 bits per heavy atom. The van der Waals surface area contributed by atoms with Crippen LogP contribution in [0.4, 0.5) is 4.39 Å². The molecule has 134 valence electrons. The number of nitrogens with zero attached hydrogens (tertiary/aromatic N) is 2. The van der Waals surface area contributed by atoms with E-state index in [4.69, 9.17) is 21.4 Å². The normalized spacial score (nSPS) is 23.2. The maximum absolute atomic E-state index is 13.3. The zero-order valence-electron chi connectivity index (χ0n) is 14.4. The average molecular weight is 371 g/mol. The highest BCUT2D eigenvalue weighted by atomic mass is 35.5. The van der Waals surface area contributed by atoms with Crippen molar-refractivity contribution in [3.8, 4) is 5.75 Å². The van der Waals surface area contributed by atoms with E-state index in [-0.39, 0.29) is 17.6 Å². The second kappa shape index (κ2) is 5.98. The fourth-order valence-corrected chi connectivity index (χ4v) is 4.68. The van der Waals surface area contributed by atoms with Crippen LogP contribution in [0.2, 0.25) is 5.02 Å². The predicted molar refractivity (Wildman–Crippen MR) is 100 cm³/mol. The van der Waals surface area contributed by atoms with Crippen molar-refractivity contribution in [3.63, 3.8) is 0 Å². The molecule has 0 saturated heterocycles. The molecule has 1 atom stereocenters. The van der Waals surface area contributed by atoms with Gasteiger partial charge in [0.2, 0.25) is 0 Å². The fourth-order valence-electron chi connectivity index (χ4n) is 4.50. The molecule has 2 heterocycles. The minimum Gasteiger partial charge on any atom is -0.466 e. The zero-order chi connectivity index (χ0) is 17.7. The highest BCUT2D eigenvalue weighted by molar-refractivity contribution is 6.30. The topological polar surface area (TPSA) is 24.8 Å². The van der Waals surface area contributed by atoms with Crippen LogP contribution in [0.25, 0.3) is 0 Å². The Bertz CT molecular complexity index is 874. The third-order valence-electron chi connectivity index (χ3n) is 5.77. The van der Waals surface area contributed by atoms with Crippen molar-refractivity contribution in [2.45, 2.75) is 50.3 Å². The lowest BCUT2D eigenvalue weighted by molar-refractivity contribution is -0.140. The predicted octanol–water partition coefficient (Wildman–Crippen LogP) is 5.68. The Kier molecular flexibility index (Phi) is 3.71. The first-order valence-corrected chi connectivity index (χ1v) is 9.64. The molecule has 0 amide bonds. The van der Waals surface area contributed by atoms with Crippen molar-refractivity contribution >= 4 is 17.3 Å². The molecule has 1 saturated carbocycles. The SMILES string of the molecule is Fc1ccc(C2=NN3[C@@H](C2)c2cc(Cl)ccc2OC32CCCCC2)cc1. The summed E-state index contributed by atoms with van der Waals surface area (Å²) in [5.41, 5.74) is 2.67. The first-order valence-electron chi connectivity index (χ1n) is 9.26. The first kappa shape index (κ1) is 16.1. The maximum Gasteiger partial charge on any atom is 0.198 e. The number of fused-ring (bicyclic) bond motifs is 4. The van der Waals surface area contributed by atoms with Crippen molar-refractivity contribution in [2.24, 2.45) is 5.10 Å². The van der Waals surface area contributed by atoms with E-state index in [2.05, 4.69) is 5.01 Å². The molecule has 2 aliphatic heterocycles. The molecule has 5 heteroatoms. The molecule has 0 bridgehead atoms. The van der Waals surface area contributed by atoms with Gasteiger partial charge in [-0.1, -0.05) is 30.2 Å². The van der Waals surface area contributed by atoms with Crippen LogP contribution in [0.3, 0.4) is 0 Å². The summed E-state index contributed by atoms with van der Waals surface area (Å²) in [6.07, 6.45) is 6.27. The highest BCUT2D eigenvalue weighted by Crippen LogP contribution is 2.51. The monoisotopic (exact) mass is 370 g/mol. The number of rotatable bonds is 1. The van der Waals surface area contributed by atoms with Gasteiger partial charge in [0, 0.05) is 29.8 Å². The van der Waals surface area contributed by atoms with Gasteiger partial charge in [-0.3, -0.25) is 0 Å². The summed E-state index contributed by atoms with van der Waals surface area (Å²) in [6, 6.07) is 12.6. The van der Waals surface area contributed by atoms with Crippen LogP contribution in [0.5, 0.6) is 5.75 Å². The van der Waals surface area contributed by atoms with Gasteiger partial charge in [0.1, 0.15) is 11.6 Å². The molecule has 26 heavy (non-hydrogen) atoms. The van der Waals surface area contributed by atoms with Crippen LogP contribution >= 0.6 is 11.6 Å². The molecule has 2 aromatic rings. The molecular formula is C21H20ClFN2O. The van der Waals surface area contributed by atoms with Gasteiger partial charge >= 0.3 is 0 Å². The standard InChI is InChI=1S/C21H20ClFN2O/c22-15-6-9-20-17(12-15)19-13-18(14-4-7-16(23)8-5-14)24-25(19)21(26-20)10-2-1-3-11-21/h4-9,12,19H,1-3,10-11,13H2/t19-/m0/s1. The Morgan fingerprint density at radius 2 is 1.85 bits per heavy atom. The molecule has 2 aromatic carbocycles. The molecule has 3 nitrogen and oxygen atoms in total. The fraction of sp³-hybridized carbons (Fsp3) is 0.381. The largest absolute Gasteiger partial charge is 0.466 e. The lowest BCUT2D eigenvalue weighted by Gasteiger charge is -2.49. The van der Waals surface area contributed by atoms with Gasteiger partial charge < -0.3 is 4.74 Å². The third-order valence-corrected chi connectivity index (χ3v) is 6.01. The van der Waals surface area contributed by atoms with E-state index in [1.165, 1.54) is 18.6 Å². The van der Waals surface area contributed by atoms with Gasteiger partial charge in [0.05, 0.1) is 11.8 Å². The molecule has 1 aliphatic carbocycles. The van der Waals surface area contributed by atoms with Crippen LogP contribution in [0.15, 0.2) is 47.6 Å².